The van der Waals surface area contributed by atoms with Crippen LogP contribution in [0.2, 0.25) is 0 Å². The molecule has 0 aromatic heterocycles. The Labute approximate surface area is 116 Å². The van der Waals surface area contributed by atoms with Gasteiger partial charge in [-0.3, -0.25) is 0 Å². The quantitative estimate of drug-likeness (QED) is 0.875. The third kappa shape index (κ3) is 2.94. The minimum atomic E-state index is 0.408. The van der Waals surface area contributed by atoms with Crippen molar-refractivity contribution in [2.45, 2.75) is 58.6 Å². The van der Waals surface area contributed by atoms with E-state index in [2.05, 4.69) is 37.4 Å². The lowest BCUT2D eigenvalue weighted by atomic mass is 9.76. The molecule has 0 bridgehead atoms. The Bertz CT molecular complexity index is 453. The summed E-state index contributed by atoms with van der Waals surface area (Å²) in [6.45, 7) is 6.80. The zero-order valence-electron chi connectivity index (χ0n) is 12.2. The predicted molar refractivity (Wildman–Crippen MR) is 78.5 cm³/mol. The summed E-state index contributed by atoms with van der Waals surface area (Å²) >= 11 is 0. The first kappa shape index (κ1) is 13.0. The minimum Gasteiger partial charge on any atom is -0.490 e. The van der Waals surface area contributed by atoms with Crippen molar-refractivity contribution in [3.05, 3.63) is 29.3 Å². The molecule has 2 nitrogen and oxygen atoms in total. The molecular weight excluding hydrogens is 234 g/mol. The number of rotatable bonds is 2. The van der Waals surface area contributed by atoms with E-state index < -0.39 is 0 Å². The molecule has 0 saturated heterocycles. The summed E-state index contributed by atoms with van der Waals surface area (Å²) in [6, 6.07) is 6.51. The number of fused-ring (bicyclic) bond motifs is 1. The van der Waals surface area contributed by atoms with E-state index in [0.717, 1.165) is 25.3 Å². The second kappa shape index (κ2) is 5.16. The smallest absolute Gasteiger partial charge is 0.123 e. The molecule has 19 heavy (non-hydrogen) atoms. The summed E-state index contributed by atoms with van der Waals surface area (Å²) in [6.07, 6.45) is 6.55. The Hall–Kier alpha value is -1.02. The molecule has 104 valence electrons. The van der Waals surface area contributed by atoms with Crippen molar-refractivity contribution in [1.29, 1.82) is 0 Å². The first-order chi connectivity index (χ1) is 9.14. The molecule has 1 aliphatic heterocycles. The van der Waals surface area contributed by atoms with E-state index >= 15 is 0 Å². The Balaban J connectivity index is 1.76. The normalized spacial score (nSPS) is 25.7. The van der Waals surface area contributed by atoms with Crippen LogP contribution in [0.5, 0.6) is 5.75 Å². The van der Waals surface area contributed by atoms with Crippen LogP contribution in [0.25, 0.3) is 0 Å². The number of ether oxygens (including phenoxy) is 1. The molecule has 1 saturated carbocycles. The van der Waals surface area contributed by atoms with Gasteiger partial charge in [-0.2, -0.15) is 0 Å². The van der Waals surface area contributed by atoms with Gasteiger partial charge in [0, 0.05) is 6.54 Å². The maximum Gasteiger partial charge on any atom is 0.123 e. The zero-order valence-corrected chi connectivity index (χ0v) is 12.2. The number of hydrogen-bond acceptors (Lipinski definition) is 2. The molecule has 0 amide bonds. The molecular formula is C17H25NO. The Morgan fingerprint density at radius 3 is 3.05 bits per heavy atom. The molecule has 1 heterocycles. The van der Waals surface area contributed by atoms with Gasteiger partial charge in [0.05, 0.1) is 6.10 Å². The van der Waals surface area contributed by atoms with E-state index in [1.54, 1.807) is 0 Å². The first-order valence-electron chi connectivity index (χ1n) is 7.62. The van der Waals surface area contributed by atoms with Crippen LogP contribution in [0.4, 0.5) is 0 Å². The van der Waals surface area contributed by atoms with Crippen molar-refractivity contribution in [1.82, 2.24) is 5.32 Å². The summed E-state index contributed by atoms with van der Waals surface area (Å²) in [5.74, 6) is 1.14. The van der Waals surface area contributed by atoms with Crippen molar-refractivity contribution >= 4 is 0 Å². The first-order valence-corrected chi connectivity index (χ1v) is 7.62. The molecule has 0 radical (unpaired) electrons. The second-order valence-corrected chi connectivity index (χ2v) is 6.82. The van der Waals surface area contributed by atoms with E-state index in [0.29, 0.717) is 11.5 Å². The zero-order chi connectivity index (χ0) is 13.3. The van der Waals surface area contributed by atoms with Crippen LogP contribution in [0.15, 0.2) is 18.2 Å². The highest BCUT2D eigenvalue weighted by atomic mass is 16.5. The van der Waals surface area contributed by atoms with E-state index in [4.69, 9.17) is 4.74 Å². The van der Waals surface area contributed by atoms with Crippen LogP contribution in [0, 0.1) is 5.41 Å². The molecule has 3 rings (SSSR count). The van der Waals surface area contributed by atoms with Gasteiger partial charge >= 0.3 is 0 Å². The van der Waals surface area contributed by atoms with Crippen molar-refractivity contribution in [3.63, 3.8) is 0 Å². The highest BCUT2D eigenvalue weighted by Crippen LogP contribution is 2.37. The van der Waals surface area contributed by atoms with Crippen molar-refractivity contribution in [3.8, 4) is 5.75 Å². The summed E-state index contributed by atoms with van der Waals surface area (Å²) in [4.78, 5) is 0. The second-order valence-electron chi connectivity index (χ2n) is 6.82. The average molecular weight is 259 g/mol. The topological polar surface area (TPSA) is 21.3 Å². The van der Waals surface area contributed by atoms with E-state index in [1.807, 2.05) is 0 Å². The van der Waals surface area contributed by atoms with Crippen LogP contribution >= 0.6 is 0 Å². The molecule has 0 spiro atoms. The fourth-order valence-electron chi connectivity index (χ4n) is 3.52. The van der Waals surface area contributed by atoms with Crippen LogP contribution < -0.4 is 10.1 Å². The van der Waals surface area contributed by atoms with Gasteiger partial charge in [-0.05, 0) is 61.3 Å². The molecule has 2 heteroatoms. The molecule has 1 aliphatic carbocycles. The third-order valence-corrected chi connectivity index (χ3v) is 4.55. The van der Waals surface area contributed by atoms with Gasteiger partial charge in [-0.15, -0.1) is 0 Å². The van der Waals surface area contributed by atoms with Crippen molar-refractivity contribution in [2.75, 3.05) is 6.54 Å². The third-order valence-electron chi connectivity index (χ3n) is 4.55. The molecule has 1 atom stereocenters. The average Bonchev–Trinajstić information content (AvgIpc) is 2.38. The predicted octanol–water partition coefficient (Wildman–Crippen LogP) is 3.68. The molecule has 1 N–H and O–H groups in total. The SMILES string of the molecule is CC1(C)CCCC(Oc2cccc3c2CCNC3)C1. The van der Waals surface area contributed by atoms with E-state index in [9.17, 15) is 0 Å². The molecule has 2 aliphatic rings. The highest BCUT2D eigenvalue weighted by molar-refractivity contribution is 5.41. The van der Waals surface area contributed by atoms with Gasteiger partial charge in [0.1, 0.15) is 5.75 Å². The number of benzene rings is 1. The van der Waals surface area contributed by atoms with Crippen LogP contribution in [-0.4, -0.2) is 12.6 Å². The van der Waals surface area contributed by atoms with Gasteiger partial charge in [-0.1, -0.05) is 26.0 Å². The highest BCUT2D eigenvalue weighted by Gasteiger charge is 2.29. The summed E-state index contributed by atoms with van der Waals surface area (Å²) in [7, 11) is 0. The number of nitrogens with one attached hydrogen (secondary N) is 1. The van der Waals surface area contributed by atoms with Crippen LogP contribution in [0.1, 0.15) is 50.7 Å². The van der Waals surface area contributed by atoms with Crippen molar-refractivity contribution in [2.24, 2.45) is 5.41 Å². The molecule has 1 aromatic rings. The Kier molecular flexibility index (Phi) is 3.53. The largest absolute Gasteiger partial charge is 0.490 e. The lowest BCUT2D eigenvalue weighted by Crippen LogP contribution is -2.31. The molecule has 1 aromatic carbocycles. The molecule has 1 unspecified atom stereocenters. The molecule has 1 fully saturated rings. The van der Waals surface area contributed by atoms with Crippen LogP contribution in [0.3, 0.4) is 0 Å². The maximum absolute atomic E-state index is 6.36. The van der Waals surface area contributed by atoms with Gasteiger partial charge in [0.15, 0.2) is 0 Å². The fourth-order valence-corrected chi connectivity index (χ4v) is 3.52. The Morgan fingerprint density at radius 2 is 2.21 bits per heavy atom. The van der Waals surface area contributed by atoms with Gasteiger partial charge in [-0.25, -0.2) is 0 Å². The fraction of sp³-hybridized carbons (Fsp3) is 0.647. The summed E-state index contributed by atoms with van der Waals surface area (Å²) < 4.78 is 6.36. The summed E-state index contributed by atoms with van der Waals surface area (Å²) in [5.41, 5.74) is 3.29. The number of hydrogen-bond donors (Lipinski definition) is 1. The monoisotopic (exact) mass is 259 g/mol. The minimum absolute atomic E-state index is 0.408. The standard InChI is InChI=1S/C17H25NO/c1-17(2)9-4-6-14(11-17)19-16-7-3-5-13-12-18-10-8-15(13)16/h3,5,7,14,18H,4,6,8-12H2,1-2H3. The maximum atomic E-state index is 6.36. The lowest BCUT2D eigenvalue weighted by Gasteiger charge is -2.36. The van der Waals surface area contributed by atoms with Gasteiger partial charge in [0.2, 0.25) is 0 Å². The van der Waals surface area contributed by atoms with Gasteiger partial charge in [0.25, 0.3) is 0 Å². The summed E-state index contributed by atoms with van der Waals surface area (Å²) in [5, 5.41) is 3.43. The van der Waals surface area contributed by atoms with Crippen molar-refractivity contribution < 1.29 is 4.74 Å². The van der Waals surface area contributed by atoms with E-state index in [-0.39, 0.29) is 0 Å². The van der Waals surface area contributed by atoms with Gasteiger partial charge < -0.3 is 10.1 Å². The van der Waals surface area contributed by atoms with E-state index in [1.165, 1.54) is 36.8 Å². The lowest BCUT2D eigenvalue weighted by molar-refractivity contribution is 0.0841. The Morgan fingerprint density at radius 1 is 1.32 bits per heavy atom. The van der Waals surface area contributed by atoms with Crippen LogP contribution in [-0.2, 0) is 13.0 Å².